The van der Waals surface area contributed by atoms with Crippen LogP contribution in [0, 0.1) is 12.3 Å². The van der Waals surface area contributed by atoms with Gasteiger partial charge in [-0.3, -0.25) is 10.2 Å². The second-order valence-corrected chi connectivity index (χ2v) is 7.75. The molecular weight excluding hydrogens is 328 g/mol. The molecule has 0 saturated carbocycles. The number of aryl methyl sites for hydroxylation is 1. The molecule has 0 aromatic carbocycles. The van der Waals surface area contributed by atoms with Gasteiger partial charge in [0.15, 0.2) is 5.84 Å². The van der Waals surface area contributed by atoms with E-state index < -0.39 is 15.7 Å². The van der Waals surface area contributed by atoms with Crippen molar-refractivity contribution in [3.05, 3.63) is 29.2 Å². The van der Waals surface area contributed by atoms with Gasteiger partial charge in [0.25, 0.3) is 5.91 Å². The highest BCUT2D eigenvalue weighted by Gasteiger charge is 2.38. The number of furan rings is 1. The monoisotopic (exact) mass is 338 g/mol. The van der Waals surface area contributed by atoms with Crippen LogP contribution < -0.4 is 0 Å². The van der Waals surface area contributed by atoms with Gasteiger partial charge in [-0.05, 0) is 36.9 Å². The number of hydrazone groups is 1. The summed E-state index contributed by atoms with van der Waals surface area (Å²) in [6.07, 6.45) is 2.39. The highest BCUT2D eigenvalue weighted by molar-refractivity contribution is 8.42. The maximum Gasteiger partial charge on any atom is 0.283 e. The molecule has 3 rings (SSSR count). The van der Waals surface area contributed by atoms with Crippen LogP contribution >= 0.6 is 11.8 Å². The van der Waals surface area contributed by atoms with Crippen molar-refractivity contribution < 1.29 is 17.6 Å². The molecule has 0 atom stereocenters. The zero-order valence-corrected chi connectivity index (χ0v) is 13.2. The fourth-order valence-electron chi connectivity index (χ4n) is 1.80. The van der Waals surface area contributed by atoms with Crippen LogP contribution in [0.25, 0.3) is 6.08 Å². The zero-order valence-electron chi connectivity index (χ0n) is 11.5. The fourth-order valence-corrected chi connectivity index (χ4v) is 3.48. The summed E-state index contributed by atoms with van der Waals surface area (Å²) in [5, 5.41) is 13.0. The molecule has 8 nitrogen and oxygen atoms in total. The molecular formula is C12H10N4O4S2. The Morgan fingerprint density at radius 2 is 2.14 bits per heavy atom. The van der Waals surface area contributed by atoms with Gasteiger partial charge >= 0.3 is 0 Å². The first-order valence-corrected chi connectivity index (χ1v) is 8.73. The van der Waals surface area contributed by atoms with Crippen LogP contribution in [0.4, 0.5) is 0 Å². The number of sulfone groups is 1. The molecule has 1 aromatic rings. The van der Waals surface area contributed by atoms with Crippen LogP contribution in [-0.2, 0) is 14.6 Å². The minimum atomic E-state index is -3.53. The molecule has 0 bridgehead atoms. The normalized spacial score (nSPS) is 20.3. The van der Waals surface area contributed by atoms with Gasteiger partial charge in [-0.15, -0.1) is 5.10 Å². The van der Waals surface area contributed by atoms with Crippen molar-refractivity contribution >= 4 is 49.0 Å². The number of carbonyl (C=O) groups is 1. The number of amides is 1. The standard InChI is InChI=1S/C12H10N4O4S2/c1-6-3-4-7(20-6)5-8-9(13)16-11(14-10(8)17)21-12(15-16)22(2,18)19/h3-5,13H,1-2H3/b8-5-,13-9?. The van der Waals surface area contributed by atoms with Crippen LogP contribution in [0.3, 0.4) is 0 Å². The third-order valence-electron chi connectivity index (χ3n) is 2.80. The number of fused-ring (bicyclic) bond motifs is 1. The smallest absolute Gasteiger partial charge is 0.283 e. The maximum absolute atomic E-state index is 12.0. The summed E-state index contributed by atoms with van der Waals surface area (Å²) in [7, 11) is -3.53. The van der Waals surface area contributed by atoms with E-state index in [-0.39, 0.29) is 21.0 Å². The van der Waals surface area contributed by atoms with Crippen LogP contribution in [0.15, 0.2) is 32.2 Å². The van der Waals surface area contributed by atoms with Crippen molar-refractivity contribution in [3.8, 4) is 0 Å². The number of aliphatic imine (C=N–C) groups is 1. The van der Waals surface area contributed by atoms with Crippen molar-refractivity contribution in [1.29, 1.82) is 5.41 Å². The summed E-state index contributed by atoms with van der Waals surface area (Å²) >= 11 is 0.747. The lowest BCUT2D eigenvalue weighted by Gasteiger charge is -2.19. The maximum atomic E-state index is 12.0. The van der Waals surface area contributed by atoms with Gasteiger partial charge in [0, 0.05) is 6.26 Å². The molecule has 114 valence electrons. The average Bonchev–Trinajstić information content (AvgIpc) is 3.00. The molecule has 0 unspecified atom stereocenters. The Morgan fingerprint density at radius 3 is 2.73 bits per heavy atom. The van der Waals surface area contributed by atoms with Gasteiger partial charge in [-0.1, -0.05) is 0 Å². The molecule has 10 heteroatoms. The van der Waals surface area contributed by atoms with Crippen LogP contribution in [0.1, 0.15) is 11.5 Å². The Kier molecular flexibility index (Phi) is 3.29. The Balaban J connectivity index is 2.02. The first-order chi connectivity index (χ1) is 10.3. The van der Waals surface area contributed by atoms with Gasteiger partial charge in [-0.2, -0.15) is 10.0 Å². The molecule has 1 N–H and O–H groups in total. The fraction of sp³-hybridized carbons (Fsp3) is 0.167. The van der Waals surface area contributed by atoms with Gasteiger partial charge in [0.2, 0.25) is 19.4 Å². The van der Waals surface area contributed by atoms with E-state index in [0.29, 0.717) is 11.5 Å². The van der Waals surface area contributed by atoms with Crippen LogP contribution in [0.5, 0.6) is 0 Å². The average molecular weight is 338 g/mol. The number of thioether (sulfide) groups is 1. The van der Waals surface area contributed by atoms with Crippen molar-refractivity contribution in [2.75, 3.05) is 6.26 Å². The van der Waals surface area contributed by atoms with E-state index in [1.165, 1.54) is 6.08 Å². The third kappa shape index (κ3) is 2.50. The third-order valence-corrected chi connectivity index (χ3v) is 5.38. The lowest BCUT2D eigenvalue weighted by atomic mass is 10.1. The number of amidine groups is 2. The number of rotatable bonds is 1. The van der Waals surface area contributed by atoms with Gasteiger partial charge in [-0.25, -0.2) is 8.42 Å². The summed E-state index contributed by atoms with van der Waals surface area (Å²) in [6, 6.07) is 3.38. The largest absolute Gasteiger partial charge is 0.462 e. The highest BCUT2D eigenvalue weighted by Crippen LogP contribution is 2.29. The number of nitrogens with zero attached hydrogens (tertiary/aromatic N) is 3. The predicted molar refractivity (Wildman–Crippen MR) is 83.3 cm³/mol. The molecule has 0 saturated heterocycles. The topological polar surface area (TPSA) is 116 Å². The Morgan fingerprint density at radius 1 is 1.41 bits per heavy atom. The summed E-state index contributed by atoms with van der Waals surface area (Å²) in [6.45, 7) is 1.76. The van der Waals surface area contributed by atoms with E-state index in [4.69, 9.17) is 9.83 Å². The van der Waals surface area contributed by atoms with E-state index in [1.54, 1.807) is 19.1 Å². The number of hydrogen-bond acceptors (Lipinski definition) is 7. The SMILES string of the molecule is Cc1ccc(/C=C2/C(=N)N3N=C(S(C)(=O)=O)SC3=NC2=O)o1. The van der Waals surface area contributed by atoms with E-state index >= 15 is 0 Å². The summed E-state index contributed by atoms with van der Waals surface area (Å²) in [5.41, 5.74) is -0.0165. The van der Waals surface area contributed by atoms with E-state index in [0.717, 1.165) is 23.0 Å². The molecule has 3 heterocycles. The molecule has 0 fully saturated rings. The van der Waals surface area contributed by atoms with E-state index in [2.05, 4.69) is 10.1 Å². The Bertz CT molecular complexity index is 892. The highest BCUT2D eigenvalue weighted by atomic mass is 32.3. The quantitative estimate of drug-likeness (QED) is 0.769. The molecule has 0 radical (unpaired) electrons. The lowest BCUT2D eigenvalue weighted by molar-refractivity contribution is -0.114. The van der Waals surface area contributed by atoms with Crippen molar-refractivity contribution in [1.82, 2.24) is 5.01 Å². The minimum Gasteiger partial charge on any atom is -0.462 e. The Hall–Kier alpha value is -2.20. The van der Waals surface area contributed by atoms with Crippen LogP contribution in [-0.4, -0.2) is 41.0 Å². The van der Waals surface area contributed by atoms with Gasteiger partial charge in [0.1, 0.15) is 11.5 Å². The number of carbonyl (C=O) groups excluding carboxylic acids is 1. The summed E-state index contributed by atoms with van der Waals surface area (Å²) in [5.74, 6) is 0.196. The second kappa shape index (κ2) is 4.92. The Labute approximate surface area is 130 Å². The minimum absolute atomic E-state index is 0.0165. The van der Waals surface area contributed by atoms with E-state index in [9.17, 15) is 13.2 Å². The molecule has 0 spiro atoms. The van der Waals surface area contributed by atoms with Gasteiger partial charge in [0.05, 0.1) is 5.57 Å². The van der Waals surface area contributed by atoms with Crippen molar-refractivity contribution in [2.24, 2.45) is 10.1 Å². The predicted octanol–water partition coefficient (Wildman–Crippen LogP) is 1.21. The first-order valence-electron chi connectivity index (χ1n) is 6.02. The molecule has 0 aliphatic carbocycles. The molecule has 22 heavy (non-hydrogen) atoms. The summed E-state index contributed by atoms with van der Waals surface area (Å²) in [4.78, 5) is 15.8. The number of nitrogens with one attached hydrogen (secondary N) is 1. The zero-order chi connectivity index (χ0) is 16.1. The van der Waals surface area contributed by atoms with Crippen LogP contribution in [0.2, 0.25) is 0 Å². The number of hydrogen-bond donors (Lipinski definition) is 1. The van der Waals surface area contributed by atoms with E-state index in [1.807, 2.05) is 0 Å². The molecule has 1 aromatic heterocycles. The summed E-state index contributed by atoms with van der Waals surface area (Å²) < 4.78 is 28.2. The second-order valence-electron chi connectivity index (χ2n) is 4.61. The van der Waals surface area contributed by atoms with Crippen molar-refractivity contribution in [2.45, 2.75) is 6.92 Å². The van der Waals surface area contributed by atoms with Crippen molar-refractivity contribution in [3.63, 3.8) is 0 Å². The first kappa shape index (κ1) is 14.7. The molecule has 2 aliphatic heterocycles. The van der Waals surface area contributed by atoms with Gasteiger partial charge < -0.3 is 4.42 Å². The molecule has 1 amide bonds. The molecule has 2 aliphatic rings. The lowest BCUT2D eigenvalue weighted by Crippen LogP contribution is -2.35.